The molecule has 1 aliphatic rings. The Labute approximate surface area is 115 Å². The van der Waals surface area contributed by atoms with Crippen molar-refractivity contribution in [1.29, 1.82) is 0 Å². The number of rotatable bonds is 4. The van der Waals surface area contributed by atoms with E-state index < -0.39 is 0 Å². The molecule has 3 heteroatoms. The normalized spacial score (nSPS) is 26.9. The van der Waals surface area contributed by atoms with Crippen molar-refractivity contribution >= 4 is 5.91 Å². The van der Waals surface area contributed by atoms with E-state index in [1.807, 2.05) is 30.3 Å². The van der Waals surface area contributed by atoms with Crippen LogP contribution >= 0.6 is 0 Å². The first-order valence-electron chi connectivity index (χ1n) is 7.12. The van der Waals surface area contributed by atoms with Crippen LogP contribution in [-0.2, 0) is 4.74 Å². The fraction of sp³-hybridized carbons (Fsp3) is 0.562. The molecule has 0 spiro atoms. The first-order valence-corrected chi connectivity index (χ1v) is 7.12. The van der Waals surface area contributed by atoms with Crippen LogP contribution in [0.15, 0.2) is 30.3 Å². The maximum atomic E-state index is 12.2. The van der Waals surface area contributed by atoms with Crippen molar-refractivity contribution in [2.45, 2.75) is 51.2 Å². The van der Waals surface area contributed by atoms with Crippen molar-refractivity contribution in [1.82, 2.24) is 5.32 Å². The van der Waals surface area contributed by atoms with E-state index in [2.05, 4.69) is 19.2 Å². The molecule has 3 nitrogen and oxygen atoms in total. The summed E-state index contributed by atoms with van der Waals surface area (Å²) in [7, 11) is 0. The molecule has 0 radical (unpaired) electrons. The summed E-state index contributed by atoms with van der Waals surface area (Å²) in [6.45, 7) is 5.02. The van der Waals surface area contributed by atoms with Gasteiger partial charge in [0.05, 0.1) is 6.10 Å². The molecule has 0 saturated carbocycles. The third-order valence-corrected chi connectivity index (χ3v) is 3.75. The van der Waals surface area contributed by atoms with Crippen LogP contribution in [0.4, 0.5) is 0 Å². The molecule has 1 aromatic carbocycles. The second-order valence-corrected chi connectivity index (χ2v) is 5.62. The predicted molar refractivity (Wildman–Crippen MR) is 76.2 cm³/mol. The Morgan fingerprint density at radius 3 is 2.84 bits per heavy atom. The van der Waals surface area contributed by atoms with Gasteiger partial charge < -0.3 is 10.1 Å². The first-order chi connectivity index (χ1) is 9.13. The average molecular weight is 261 g/mol. The van der Waals surface area contributed by atoms with Crippen LogP contribution in [0.5, 0.6) is 0 Å². The highest BCUT2D eigenvalue weighted by molar-refractivity contribution is 5.94. The number of nitrogens with one attached hydrogen (secondary N) is 1. The lowest BCUT2D eigenvalue weighted by molar-refractivity contribution is -0.0261. The Hall–Kier alpha value is -1.35. The van der Waals surface area contributed by atoms with Crippen LogP contribution in [0.2, 0.25) is 0 Å². The predicted octanol–water partition coefficient (Wildman–Crippen LogP) is 3.15. The summed E-state index contributed by atoms with van der Waals surface area (Å²) >= 11 is 0. The number of amides is 1. The Morgan fingerprint density at radius 1 is 1.42 bits per heavy atom. The van der Waals surface area contributed by atoms with Crippen molar-refractivity contribution < 1.29 is 9.53 Å². The Balaban J connectivity index is 1.99. The van der Waals surface area contributed by atoms with E-state index in [1.54, 1.807) is 0 Å². The first kappa shape index (κ1) is 14.1. The maximum Gasteiger partial charge on any atom is 0.251 e. The van der Waals surface area contributed by atoms with Crippen molar-refractivity contribution in [3.63, 3.8) is 0 Å². The van der Waals surface area contributed by atoms with Crippen LogP contribution in [0.25, 0.3) is 0 Å². The largest absolute Gasteiger partial charge is 0.378 e. The molecule has 2 atom stereocenters. The van der Waals surface area contributed by atoms with Gasteiger partial charge in [0.25, 0.3) is 5.91 Å². The molecule has 2 rings (SSSR count). The highest BCUT2D eigenvalue weighted by Crippen LogP contribution is 2.27. The quantitative estimate of drug-likeness (QED) is 0.904. The maximum absolute atomic E-state index is 12.2. The summed E-state index contributed by atoms with van der Waals surface area (Å²) in [5, 5.41) is 3.18. The second kappa shape index (κ2) is 6.20. The molecular weight excluding hydrogens is 238 g/mol. The molecule has 0 unspecified atom stereocenters. The highest BCUT2D eigenvalue weighted by atomic mass is 16.5. The molecule has 1 fully saturated rings. The smallest absolute Gasteiger partial charge is 0.251 e. The van der Waals surface area contributed by atoms with Crippen LogP contribution in [0.1, 0.15) is 49.9 Å². The molecule has 0 bridgehead atoms. The molecule has 1 saturated heterocycles. The van der Waals surface area contributed by atoms with E-state index in [1.165, 1.54) is 0 Å². The summed E-state index contributed by atoms with van der Waals surface area (Å²) in [6, 6.07) is 9.40. The van der Waals surface area contributed by atoms with Gasteiger partial charge in [-0.3, -0.25) is 4.79 Å². The van der Waals surface area contributed by atoms with E-state index >= 15 is 0 Å². The van der Waals surface area contributed by atoms with Crippen molar-refractivity contribution in [2.24, 2.45) is 0 Å². The Bertz CT molecular complexity index is 416. The summed E-state index contributed by atoms with van der Waals surface area (Å²) < 4.78 is 5.75. The van der Waals surface area contributed by atoms with E-state index in [0.29, 0.717) is 0 Å². The van der Waals surface area contributed by atoms with Gasteiger partial charge in [0.15, 0.2) is 0 Å². The van der Waals surface area contributed by atoms with Gasteiger partial charge in [-0.2, -0.15) is 0 Å². The number of hydrogen-bond acceptors (Lipinski definition) is 2. The Morgan fingerprint density at radius 2 is 2.16 bits per heavy atom. The van der Waals surface area contributed by atoms with E-state index in [9.17, 15) is 4.79 Å². The van der Waals surface area contributed by atoms with Crippen molar-refractivity contribution in [2.75, 3.05) is 6.61 Å². The second-order valence-electron chi connectivity index (χ2n) is 5.62. The number of hydrogen-bond donors (Lipinski definition) is 1. The fourth-order valence-corrected chi connectivity index (χ4v) is 2.67. The lowest BCUT2D eigenvalue weighted by Crippen LogP contribution is -2.51. The van der Waals surface area contributed by atoms with Gasteiger partial charge in [-0.25, -0.2) is 0 Å². The lowest BCUT2D eigenvalue weighted by Gasteiger charge is -2.39. The van der Waals surface area contributed by atoms with E-state index in [0.717, 1.165) is 37.9 Å². The zero-order chi connectivity index (χ0) is 13.7. The minimum Gasteiger partial charge on any atom is -0.378 e. The molecule has 1 aliphatic heterocycles. The third kappa shape index (κ3) is 3.80. The van der Waals surface area contributed by atoms with E-state index in [4.69, 9.17) is 4.74 Å². The molecule has 1 aromatic rings. The monoisotopic (exact) mass is 261 g/mol. The SMILES string of the molecule is CCC[C@H]1C[C@](C)(NC(=O)c2ccccc2)CCO1. The van der Waals surface area contributed by atoms with Gasteiger partial charge in [-0.1, -0.05) is 31.5 Å². The molecular formula is C16H23NO2. The lowest BCUT2D eigenvalue weighted by atomic mass is 9.87. The molecule has 1 N–H and O–H groups in total. The molecule has 19 heavy (non-hydrogen) atoms. The summed E-state index contributed by atoms with van der Waals surface area (Å²) in [5.41, 5.74) is 0.577. The zero-order valence-electron chi connectivity index (χ0n) is 11.8. The van der Waals surface area contributed by atoms with Crippen LogP contribution < -0.4 is 5.32 Å². The zero-order valence-corrected chi connectivity index (χ0v) is 11.8. The number of carbonyl (C=O) groups is 1. The molecule has 104 valence electrons. The summed E-state index contributed by atoms with van der Waals surface area (Å²) in [6.07, 6.45) is 4.25. The third-order valence-electron chi connectivity index (χ3n) is 3.75. The average Bonchev–Trinajstić information content (AvgIpc) is 2.39. The molecule has 1 heterocycles. The van der Waals surface area contributed by atoms with Gasteiger partial charge >= 0.3 is 0 Å². The van der Waals surface area contributed by atoms with E-state index in [-0.39, 0.29) is 17.6 Å². The minimum atomic E-state index is -0.148. The number of ether oxygens (including phenoxy) is 1. The van der Waals surface area contributed by atoms with Gasteiger partial charge in [0.1, 0.15) is 0 Å². The van der Waals surface area contributed by atoms with Crippen LogP contribution in [0, 0.1) is 0 Å². The fourth-order valence-electron chi connectivity index (χ4n) is 2.67. The van der Waals surface area contributed by atoms with Crippen molar-refractivity contribution in [3.05, 3.63) is 35.9 Å². The molecule has 0 aliphatic carbocycles. The van der Waals surface area contributed by atoms with Crippen LogP contribution in [0.3, 0.4) is 0 Å². The van der Waals surface area contributed by atoms with Gasteiger partial charge in [-0.15, -0.1) is 0 Å². The minimum absolute atomic E-state index is 0.0141. The van der Waals surface area contributed by atoms with Gasteiger partial charge in [-0.05, 0) is 38.3 Å². The van der Waals surface area contributed by atoms with Gasteiger partial charge in [0.2, 0.25) is 0 Å². The number of benzene rings is 1. The Kier molecular flexibility index (Phi) is 4.59. The van der Waals surface area contributed by atoms with Gasteiger partial charge in [0, 0.05) is 17.7 Å². The topological polar surface area (TPSA) is 38.3 Å². The molecule has 0 aromatic heterocycles. The number of carbonyl (C=O) groups excluding carboxylic acids is 1. The highest BCUT2D eigenvalue weighted by Gasteiger charge is 2.33. The molecule has 1 amide bonds. The van der Waals surface area contributed by atoms with Crippen molar-refractivity contribution in [3.8, 4) is 0 Å². The summed E-state index contributed by atoms with van der Waals surface area (Å²) in [4.78, 5) is 12.2. The van der Waals surface area contributed by atoms with Crippen LogP contribution in [-0.4, -0.2) is 24.2 Å². The summed E-state index contributed by atoms with van der Waals surface area (Å²) in [5.74, 6) is 0.0141. The standard InChI is InChI=1S/C16H23NO2/c1-3-7-14-12-16(2,10-11-19-14)17-15(18)13-8-5-4-6-9-13/h4-6,8-9,14H,3,7,10-12H2,1-2H3,(H,17,18)/t14-,16+/m0/s1.